The zero-order valence-corrected chi connectivity index (χ0v) is 25.9. The monoisotopic (exact) mass is 627 g/mol. The molecule has 1 aromatic heterocycles. The highest BCUT2D eigenvalue weighted by Gasteiger charge is 2.30. The predicted octanol–water partition coefficient (Wildman–Crippen LogP) is 4.83. The Morgan fingerprint density at radius 2 is 1.80 bits per heavy atom. The maximum Gasteiger partial charge on any atom is 0.277 e. The van der Waals surface area contributed by atoms with E-state index in [1.54, 1.807) is 42.5 Å². The average molecular weight is 628 g/mol. The third kappa shape index (κ3) is 7.88. The number of Topliss-reactive ketones (excluding diaryl/α,β-unsaturated/α-hetero) is 1. The van der Waals surface area contributed by atoms with Crippen LogP contribution in [-0.2, 0) is 20.8 Å². The molecule has 1 aliphatic rings. The Kier molecular flexibility index (Phi) is 10.6. The summed E-state index contributed by atoms with van der Waals surface area (Å²) in [5.74, 6) is -1.02. The topological polar surface area (TPSA) is 156 Å². The summed E-state index contributed by atoms with van der Waals surface area (Å²) in [6.45, 7) is 0.620. The molecular weight excluding hydrogens is 589 g/mol. The molecule has 4 aromatic rings. The van der Waals surface area contributed by atoms with Crippen LogP contribution in [0.1, 0.15) is 48.0 Å². The zero-order chi connectivity index (χ0) is 32.6. The van der Waals surface area contributed by atoms with Gasteiger partial charge >= 0.3 is 0 Å². The predicted molar refractivity (Wildman–Crippen MR) is 171 cm³/mol. The standard InChI is InChI=1S/C34H38FN7O4/c1-42(46-2)34(45)26-12-15-30(35)29(18-26)25-5-3-4-22(16-25)17-27(19-31(43)23-8-6-21(20-36)7-9-23)33(44)37-28-13-10-24(11-14-28)32-38-40-41-39-32/h3-5,10-16,18,21,23,27H,6-9,17,19-20,36H2,1-2H3,(H,37,44)(H,38,39,40,41)/t21?,23?,27-/m1/s1. The molecule has 1 fully saturated rings. The van der Waals surface area contributed by atoms with E-state index < -0.39 is 17.6 Å². The molecule has 0 bridgehead atoms. The second-order valence-electron chi connectivity index (χ2n) is 11.7. The van der Waals surface area contributed by atoms with Crippen LogP contribution in [0.3, 0.4) is 0 Å². The number of hydrogen-bond acceptors (Lipinski definition) is 8. The Hall–Kier alpha value is -4.81. The van der Waals surface area contributed by atoms with E-state index in [4.69, 9.17) is 10.6 Å². The molecule has 4 N–H and O–H groups in total. The lowest BCUT2D eigenvalue weighted by molar-refractivity contribution is -0.129. The van der Waals surface area contributed by atoms with Crippen LogP contribution < -0.4 is 11.1 Å². The van der Waals surface area contributed by atoms with Crippen LogP contribution in [0.2, 0.25) is 0 Å². The molecule has 1 aliphatic carbocycles. The van der Waals surface area contributed by atoms with Crippen molar-refractivity contribution in [2.75, 3.05) is 26.0 Å². The van der Waals surface area contributed by atoms with Crippen molar-refractivity contribution in [3.63, 3.8) is 0 Å². The molecule has 1 atom stereocenters. The van der Waals surface area contributed by atoms with E-state index in [-0.39, 0.29) is 41.6 Å². The van der Waals surface area contributed by atoms with Gasteiger partial charge in [-0.15, -0.1) is 10.2 Å². The van der Waals surface area contributed by atoms with Crippen molar-refractivity contribution in [3.05, 3.63) is 83.7 Å². The Morgan fingerprint density at radius 3 is 2.48 bits per heavy atom. The van der Waals surface area contributed by atoms with Gasteiger partial charge in [-0.05, 0) is 103 Å². The lowest BCUT2D eigenvalue weighted by Crippen LogP contribution is -2.31. The minimum Gasteiger partial charge on any atom is -0.330 e. The van der Waals surface area contributed by atoms with E-state index in [9.17, 15) is 14.4 Å². The Bertz CT molecular complexity index is 1650. The van der Waals surface area contributed by atoms with E-state index in [1.807, 2.05) is 6.07 Å². The van der Waals surface area contributed by atoms with Crippen molar-refractivity contribution in [1.82, 2.24) is 25.7 Å². The second-order valence-corrected chi connectivity index (χ2v) is 11.7. The highest BCUT2D eigenvalue weighted by atomic mass is 19.1. The number of aromatic nitrogens is 4. The van der Waals surface area contributed by atoms with Crippen molar-refractivity contribution in [3.8, 4) is 22.5 Å². The van der Waals surface area contributed by atoms with Crippen LogP contribution in [0.15, 0.2) is 66.7 Å². The number of aromatic amines is 1. The lowest BCUT2D eigenvalue weighted by Gasteiger charge is -2.27. The van der Waals surface area contributed by atoms with E-state index in [0.29, 0.717) is 29.5 Å². The van der Waals surface area contributed by atoms with Crippen LogP contribution in [0.5, 0.6) is 0 Å². The minimum atomic E-state index is -0.667. The molecule has 0 aliphatic heterocycles. The summed E-state index contributed by atoms with van der Waals surface area (Å²) in [7, 11) is 2.85. The van der Waals surface area contributed by atoms with E-state index >= 15 is 4.39 Å². The van der Waals surface area contributed by atoms with Crippen molar-refractivity contribution in [2.24, 2.45) is 23.5 Å². The first-order chi connectivity index (χ1) is 22.2. The van der Waals surface area contributed by atoms with Crippen molar-refractivity contribution < 1.29 is 23.6 Å². The number of ketones is 1. The van der Waals surface area contributed by atoms with Crippen LogP contribution >= 0.6 is 0 Å². The Labute approximate surface area is 266 Å². The van der Waals surface area contributed by atoms with Gasteiger partial charge in [-0.1, -0.05) is 24.3 Å². The number of amides is 2. The molecule has 0 saturated heterocycles. The van der Waals surface area contributed by atoms with Gasteiger partial charge in [0.1, 0.15) is 11.6 Å². The van der Waals surface area contributed by atoms with Crippen LogP contribution in [-0.4, -0.2) is 64.0 Å². The summed E-state index contributed by atoms with van der Waals surface area (Å²) >= 11 is 0. The van der Waals surface area contributed by atoms with E-state index in [1.165, 1.54) is 32.4 Å². The molecule has 1 heterocycles. The number of benzene rings is 3. The second kappa shape index (κ2) is 15.0. The number of tetrazole rings is 1. The van der Waals surface area contributed by atoms with Crippen molar-refractivity contribution >= 4 is 23.3 Å². The molecule has 5 rings (SSSR count). The smallest absolute Gasteiger partial charge is 0.277 e. The molecule has 0 radical (unpaired) electrons. The molecule has 240 valence electrons. The number of carbonyl (C=O) groups is 3. The minimum absolute atomic E-state index is 0.0683. The van der Waals surface area contributed by atoms with E-state index in [2.05, 4.69) is 25.9 Å². The highest BCUT2D eigenvalue weighted by Crippen LogP contribution is 2.32. The third-order valence-electron chi connectivity index (χ3n) is 8.70. The molecule has 3 aromatic carbocycles. The van der Waals surface area contributed by atoms with E-state index in [0.717, 1.165) is 41.9 Å². The third-order valence-corrected chi connectivity index (χ3v) is 8.70. The molecule has 0 unspecified atom stereocenters. The average Bonchev–Trinajstić information content (AvgIpc) is 3.63. The van der Waals surface area contributed by atoms with Crippen LogP contribution in [0.4, 0.5) is 10.1 Å². The van der Waals surface area contributed by atoms with Gasteiger partial charge in [-0.25, -0.2) is 9.45 Å². The first kappa shape index (κ1) is 32.6. The molecular formula is C34H38FN7O4. The summed E-state index contributed by atoms with van der Waals surface area (Å²) < 4.78 is 15.0. The first-order valence-corrected chi connectivity index (χ1v) is 15.3. The van der Waals surface area contributed by atoms with Gasteiger partial charge in [-0.3, -0.25) is 19.2 Å². The van der Waals surface area contributed by atoms with Gasteiger partial charge in [0.2, 0.25) is 11.7 Å². The summed E-state index contributed by atoms with van der Waals surface area (Å²) in [6.07, 6.45) is 3.70. The summed E-state index contributed by atoms with van der Waals surface area (Å²) in [5, 5.41) is 18.0. The molecule has 46 heavy (non-hydrogen) atoms. The number of H-pyrrole nitrogens is 1. The number of anilines is 1. The largest absolute Gasteiger partial charge is 0.330 e. The molecule has 2 amide bonds. The number of halogens is 1. The SMILES string of the molecule is CON(C)C(=O)c1ccc(F)c(-c2cccc(C[C@H](CC(=O)C3CCC(CN)CC3)C(=O)Nc3ccc(-c4nn[nH]n4)cc3)c2)c1. The van der Waals surface area contributed by atoms with Crippen LogP contribution in [0.25, 0.3) is 22.5 Å². The maximum atomic E-state index is 15.0. The number of nitrogens with two attached hydrogens (primary N) is 1. The summed E-state index contributed by atoms with van der Waals surface area (Å²) in [5.41, 5.74) is 8.97. The van der Waals surface area contributed by atoms with Gasteiger partial charge < -0.3 is 11.1 Å². The van der Waals surface area contributed by atoms with Crippen molar-refractivity contribution in [1.29, 1.82) is 0 Å². The van der Waals surface area contributed by atoms with Gasteiger partial charge in [0.25, 0.3) is 5.91 Å². The van der Waals surface area contributed by atoms with Gasteiger partial charge in [0, 0.05) is 47.7 Å². The highest BCUT2D eigenvalue weighted by molar-refractivity contribution is 5.96. The number of carbonyl (C=O) groups excluding carboxylic acids is 3. The fraction of sp³-hybridized carbons (Fsp3) is 0.353. The van der Waals surface area contributed by atoms with Gasteiger partial charge in [0.05, 0.1) is 7.11 Å². The number of hydroxylamine groups is 2. The number of hydrogen-bond donors (Lipinski definition) is 3. The fourth-order valence-corrected chi connectivity index (χ4v) is 5.91. The molecule has 0 spiro atoms. The molecule has 11 nitrogen and oxygen atoms in total. The Balaban J connectivity index is 1.37. The first-order valence-electron chi connectivity index (χ1n) is 15.3. The number of rotatable bonds is 12. The number of nitrogens with zero attached hydrogens (tertiary/aromatic N) is 4. The van der Waals surface area contributed by atoms with Crippen LogP contribution in [0, 0.1) is 23.6 Å². The van der Waals surface area contributed by atoms with Gasteiger partial charge in [-0.2, -0.15) is 5.21 Å². The zero-order valence-electron chi connectivity index (χ0n) is 25.9. The molecule has 12 heteroatoms. The summed E-state index contributed by atoms with van der Waals surface area (Å²) in [6, 6.07) is 18.4. The lowest BCUT2D eigenvalue weighted by atomic mass is 9.77. The fourth-order valence-electron chi connectivity index (χ4n) is 5.91. The summed E-state index contributed by atoms with van der Waals surface area (Å²) in [4.78, 5) is 44.9. The number of nitrogens with one attached hydrogen (secondary N) is 2. The normalized spacial score (nSPS) is 16.9. The van der Waals surface area contributed by atoms with Crippen molar-refractivity contribution in [2.45, 2.75) is 38.5 Å². The molecule has 1 saturated carbocycles. The Morgan fingerprint density at radius 1 is 1.04 bits per heavy atom. The van der Waals surface area contributed by atoms with Gasteiger partial charge in [0.15, 0.2) is 0 Å². The quantitative estimate of drug-likeness (QED) is 0.189. The maximum absolute atomic E-state index is 15.0.